The molecule has 0 radical (unpaired) electrons. The Morgan fingerprint density at radius 1 is 1.24 bits per heavy atom. The standard InChI is InChI=1S/C13H26O4/c1-10(2)8-13(9-15,12(3,4)5)11(16)17-7-6-14/h10,14-15H,6-9H2,1-5H3. The minimum atomic E-state index is -0.906. The van der Waals surface area contributed by atoms with Crippen LogP contribution >= 0.6 is 0 Å². The molecule has 4 heteroatoms. The lowest BCUT2D eigenvalue weighted by Gasteiger charge is -2.42. The molecule has 0 aliphatic heterocycles. The smallest absolute Gasteiger partial charge is 0.315 e. The first-order chi connectivity index (χ1) is 7.71. The maximum atomic E-state index is 12.1. The SMILES string of the molecule is CC(C)CC(CO)(C(=O)OCCO)C(C)(C)C. The van der Waals surface area contributed by atoms with E-state index in [1.165, 1.54) is 0 Å². The molecule has 0 heterocycles. The molecule has 0 spiro atoms. The highest BCUT2D eigenvalue weighted by atomic mass is 16.5. The summed E-state index contributed by atoms with van der Waals surface area (Å²) < 4.78 is 5.03. The first kappa shape index (κ1) is 16.4. The molecule has 2 N–H and O–H groups in total. The van der Waals surface area contributed by atoms with Gasteiger partial charge in [0, 0.05) is 0 Å². The Labute approximate surface area is 104 Å². The van der Waals surface area contributed by atoms with Crippen molar-refractivity contribution < 1.29 is 19.7 Å². The number of carbonyl (C=O) groups excluding carboxylic acids is 1. The Balaban J connectivity index is 5.12. The zero-order valence-corrected chi connectivity index (χ0v) is 11.6. The van der Waals surface area contributed by atoms with E-state index < -0.39 is 16.8 Å². The Morgan fingerprint density at radius 2 is 1.76 bits per heavy atom. The summed E-state index contributed by atoms with van der Waals surface area (Å²) in [7, 11) is 0. The van der Waals surface area contributed by atoms with Gasteiger partial charge in [-0.05, 0) is 17.8 Å². The lowest BCUT2D eigenvalue weighted by Crippen LogP contribution is -2.48. The molecule has 0 saturated heterocycles. The summed E-state index contributed by atoms with van der Waals surface area (Å²) in [5.74, 6) is -0.140. The van der Waals surface area contributed by atoms with Crippen LogP contribution in [0.2, 0.25) is 0 Å². The van der Waals surface area contributed by atoms with Crippen molar-refractivity contribution in [2.24, 2.45) is 16.7 Å². The second-order valence-electron chi connectivity index (χ2n) is 5.95. The van der Waals surface area contributed by atoms with Gasteiger partial charge in [0.15, 0.2) is 0 Å². The highest BCUT2D eigenvalue weighted by Gasteiger charge is 2.49. The topological polar surface area (TPSA) is 66.8 Å². The fourth-order valence-corrected chi connectivity index (χ4v) is 2.04. The van der Waals surface area contributed by atoms with Crippen LogP contribution in [0.1, 0.15) is 41.0 Å². The second kappa shape index (κ2) is 6.36. The third-order valence-corrected chi connectivity index (χ3v) is 3.18. The Hall–Kier alpha value is -0.610. The first-order valence-electron chi connectivity index (χ1n) is 6.10. The molecule has 0 aliphatic carbocycles. The Kier molecular flexibility index (Phi) is 6.13. The molecule has 102 valence electrons. The predicted molar refractivity (Wildman–Crippen MR) is 66.5 cm³/mol. The fourth-order valence-electron chi connectivity index (χ4n) is 2.04. The Morgan fingerprint density at radius 3 is 2.06 bits per heavy atom. The summed E-state index contributed by atoms with van der Waals surface area (Å²) in [5.41, 5.74) is -1.30. The van der Waals surface area contributed by atoms with Gasteiger partial charge in [0.1, 0.15) is 6.61 Å². The van der Waals surface area contributed by atoms with Crippen molar-refractivity contribution in [3.8, 4) is 0 Å². The van der Waals surface area contributed by atoms with Gasteiger partial charge in [-0.25, -0.2) is 0 Å². The fraction of sp³-hybridized carbons (Fsp3) is 0.923. The molecule has 0 aromatic heterocycles. The minimum absolute atomic E-state index is 0.0191. The summed E-state index contributed by atoms with van der Waals surface area (Å²) in [6.45, 7) is 9.33. The first-order valence-corrected chi connectivity index (χ1v) is 6.10. The molecule has 0 fully saturated rings. The zero-order chi connectivity index (χ0) is 13.7. The second-order valence-corrected chi connectivity index (χ2v) is 5.95. The molecule has 17 heavy (non-hydrogen) atoms. The number of hydrogen-bond donors (Lipinski definition) is 2. The summed E-state index contributed by atoms with van der Waals surface area (Å²) in [4.78, 5) is 12.1. The quantitative estimate of drug-likeness (QED) is 0.698. The molecule has 0 amide bonds. The van der Waals surface area contributed by atoms with Crippen molar-refractivity contribution in [1.82, 2.24) is 0 Å². The predicted octanol–water partition coefficient (Wildman–Crippen LogP) is 1.59. The van der Waals surface area contributed by atoms with Crippen molar-refractivity contribution in [3.63, 3.8) is 0 Å². The third kappa shape index (κ3) is 3.96. The lowest BCUT2D eigenvalue weighted by atomic mass is 9.63. The molecule has 0 rings (SSSR count). The van der Waals surface area contributed by atoms with Crippen LogP contribution in [-0.2, 0) is 9.53 Å². The molecule has 0 saturated carbocycles. The molecular weight excluding hydrogens is 220 g/mol. The van der Waals surface area contributed by atoms with Gasteiger partial charge in [-0.2, -0.15) is 0 Å². The van der Waals surface area contributed by atoms with Crippen LogP contribution in [0.5, 0.6) is 0 Å². The maximum absolute atomic E-state index is 12.1. The number of hydrogen-bond acceptors (Lipinski definition) is 4. The number of rotatable bonds is 6. The van der Waals surface area contributed by atoms with Gasteiger partial charge in [-0.15, -0.1) is 0 Å². The third-order valence-electron chi connectivity index (χ3n) is 3.18. The van der Waals surface area contributed by atoms with Gasteiger partial charge in [-0.1, -0.05) is 34.6 Å². The number of carbonyl (C=O) groups is 1. The molecule has 0 aliphatic rings. The highest BCUT2D eigenvalue weighted by Crippen LogP contribution is 2.44. The summed E-state index contributed by atoms with van der Waals surface area (Å²) in [6.07, 6.45) is 0.567. The van der Waals surface area contributed by atoms with E-state index in [1.807, 2.05) is 34.6 Å². The van der Waals surface area contributed by atoms with E-state index >= 15 is 0 Å². The van der Waals surface area contributed by atoms with Crippen molar-refractivity contribution >= 4 is 5.97 Å². The van der Waals surface area contributed by atoms with E-state index in [2.05, 4.69) is 0 Å². The van der Waals surface area contributed by atoms with Crippen LogP contribution in [0.25, 0.3) is 0 Å². The lowest BCUT2D eigenvalue weighted by molar-refractivity contribution is -0.170. The van der Waals surface area contributed by atoms with E-state index in [9.17, 15) is 9.90 Å². The van der Waals surface area contributed by atoms with Gasteiger partial charge in [0.25, 0.3) is 0 Å². The van der Waals surface area contributed by atoms with Crippen molar-refractivity contribution in [2.75, 3.05) is 19.8 Å². The van der Waals surface area contributed by atoms with Gasteiger partial charge >= 0.3 is 5.97 Å². The number of aliphatic hydroxyl groups excluding tert-OH is 2. The average Bonchev–Trinajstić information content (AvgIpc) is 2.20. The summed E-state index contributed by atoms with van der Waals surface area (Å²) in [6, 6.07) is 0. The molecule has 4 nitrogen and oxygen atoms in total. The van der Waals surface area contributed by atoms with Gasteiger partial charge in [-0.3, -0.25) is 4.79 Å². The van der Waals surface area contributed by atoms with Crippen molar-refractivity contribution in [2.45, 2.75) is 41.0 Å². The van der Waals surface area contributed by atoms with E-state index in [1.54, 1.807) is 0 Å². The summed E-state index contributed by atoms with van der Waals surface area (Å²) in [5, 5.41) is 18.4. The summed E-state index contributed by atoms with van der Waals surface area (Å²) >= 11 is 0. The van der Waals surface area contributed by atoms with Gasteiger partial charge < -0.3 is 14.9 Å². The average molecular weight is 246 g/mol. The number of ether oxygens (including phenoxy) is 1. The molecule has 0 aromatic rings. The van der Waals surface area contributed by atoms with Crippen molar-refractivity contribution in [3.05, 3.63) is 0 Å². The zero-order valence-electron chi connectivity index (χ0n) is 11.6. The largest absolute Gasteiger partial charge is 0.463 e. The van der Waals surface area contributed by atoms with Gasteiger partial charge in [0.05, 0.1) is 18.6 Å². The molecule has 0 bridgehead atoms. The maximum Gasteiger partial charge on any atom is 0.315 e. The number of aliphatic hydroxyl groups is 2. The molecule has 1 atom stereocenters. The molecule has 0 aromatic carbocycles. The number of esters is 1. The van der Waals surface area contributed by atoms with Crippen LogP contribution in [0.15, 0.2) is 0 Å². The molecule has 1 unspecified atom stereocenters. The van der Waals surface area contributed by atoms with Gasteiger partial charge in [0.2, 0.25) is 0 Å². The van der Waals surface area contributed by atoms with Crippen LogP contribution < -0.4 is 0 Å². The van der Waals surface area contributed by atoms with Crippen LogP contribution in [-0.4, -0.2) is 36.0 Å². The normalized spacial score (nSPS) is 15.8. The van der Waals surface area contributed by atoms with E-state index in [0.717, 1.165) is 0 Å². The van der Waals surface area contributed by atoms with Crippen LogP contribution in [0.4, 0.5) is 0 Å². The minimum Gasteiger partial charge on any atom is -0.463 e. The van der Waals surface area contributed by atoms with E-state index in [4.69, 9.17) is 9.84 Å². The molecular formula is C13H26O4. The van der Waals surface area contributed by atoms with Crippen LogP contribution in [0, 0.1) is 16.7 Å². The van der Waals surface area contributed by atoms with Crippen molar-refractivity contribution in [1.29, 1.82) is 0 Å². The monoisotopic (exact) mass is 246 g/mol. The van der Waals surface area contributed by atoms with Crippen LogP contribution in [0.3, 0.4) is 0 Å². The highest BCUT2D eigenvalue weighted by molar-refractivity contribution is 5.78. The van der Waals surface area contributed by atoms with E-state index in [0.29, 0.717) is 6.42 Å². The Bertz CT molecular complexity index is 242. The van der Waals surface area contributed by atoms with E-state index in [-0.39, 0.29) is 25.7 Å².